The zero-order valence-corrected chi connectivity index (χ0v) is 17.3. The SMILES string of the molecule is O=C(c1cc2ncccc2[nH]1)N(CC(F)(F)F)C1CCCC(NCc2ccc(F)cc2)C1. The van der Waals surface area contributed by atoms with Crippen molar-refractivity contribution in [2.75, 3.05) is 6.54 Å². The maximum atomic E-state index is 13.4. The Kier molecular flexibility index (Phi) is 6.45. The number of hydrogen-bond acceptors (Lipinski definition) is 3. The van der Waals surface area contributed by atoms with Crippen molar-refractivity contribution in [3.63, 3.8) is 0 Å². The summed E-state index contributed by atoms with van der Waals surface area (Å²) in [5.74, 6) is -0.996. The van der Waals surface area contributed by atoms with Crippen LogP contribution in [0.25, 0.3) is 11.0 Å². The molecule has 1 aromatic carbocycles. The number of carbonyl (C=O) groups excluding carboxylic acids is 1. The second-order valence-corrected chi connectivity index (χ2v) is 8.19. The van der Waals surface area contributed by atoms with Crippen molar-refractivity contribution in [2.45, 2.75) is 50.5 Å². The van der Waals surface area contributed by atoms with Gasteiger partial charge in [0.1, 0.15) is 18.1 Å². The van der Waals surface area contributed by atoms with E-state index in [2.05, 4.69) is 15.3 Å². The minimum atomic E-state index is -4.51. The van der Waals surface area contributed by atoms with Crippen molar-refractivity contribution >= 4 is 16.9 Å². The van der Waals surface area contributed by atoms with Crippen LogP contribution >= 0.6 is 0 Å². The summed E-state index contributed by atoms with van der Waals surface area (Å²) in [7, 11) is 0. The van der Waals surface area contributed by atoms with Crippen LogP contribution in [0.4, 0.5) is 17.6 Å². The average Bonchev–Trinajstić information content (AvgIpc) is 3.21. The van der Waals surface area contributed by atoms with Crippen molar-refractivity contribution in [3.8, 4) is 0 Å². The predicted molar refractivity (Wildman–Crippen MR) is 112 cm³/mol. The van der Waals surface area contributed by atoms with Gasteiger partial charge in [0.25, 0.3) is 5.91 Å². The number of hydrogen-bond donors (Lipinski definition) is 2. The van der Waals surface area contributed by atoms with Crippen LogP contribution < -0.4 is 5.32 Å². The number of aromatic amines is 1. The molecular weight excluding hydrogens is 424 g/mol. The summed E-state index contributed by atoms with van der Waals surface area (Å²) < 4.78 is 53.2. The molecule has 32 heavy (non-hydrogen) atoms. The number of carbonyl (C=O) groups is 1. The largest absolute Gasteiger partial charge is 0.406 e. The van der Waals surface area contributed by atoms with Gasteiger partial charge in [0.15, 0.2) is 0 Å². The third-order valence-corrected chi connectivity index (χ3v) is 5.83. The lowest BCUT2D eigenvalue weighted by Gasteiger charge is -2.38. The van der Waals surface area contributed by atoms with Crippen LogP contribution in [0.1, 0.15) is 41.7 Å². The summed E-state index contributed by atoms with van der Waals surface area (Å²) >= 11 is 0. The molecule has 3 aromatic rings. The van der Waals surface area contributed by atoms with Crippen molar-refractivity contribution in [3.05, 3.63) is 65.7 Å². The highest BCUT2D eigenvalue weighted by atomic mass is 19.4. The van der Waals surface area contributed by atoms with Gasteiger partial charge >= 0.3 is 6.18 Å². The van der Waals surface area contributed by atoms with Gasteiger partial charge in [-0.15, -0.1) is 0 Å². The fourth-order valence-electron chi connectivity index (χ4n) is 4.28. The van der Waals surface area contributed by atoms with Gasteiger partial charge in [0, 0.05) is 24.8 Å². The fraction of sp³-hybridized carbons (Fsp3) is 0.391. The number of benzene rings is 1. The van der Waals surface area contributed by atoms with Crippen LogP contribution in [0.3, 0.4) is 0 Å². The van der Waals surface area contributed by atoms with Crippen molar-refractivity contribution in [1.82, 2.24) is 20.2 Å². The standard InChI is InChI=1S/C23H24F4N4O/c24-16-8-6-15(7-9-16)13-29-17-3-1-4-18(11-17)31(14-23(25,26)27)22(32)21-12-20-19(30-21)5-2-10-28-20/h2,5-10,12,17-18,29-30H,1,3-4,11,13-14H2. The van der Waals surface area contributed by atoms with Gasteiger partial charge in [0.2, 0.25) is 0 Å². The molecule has 2 aromatic heterocycles. The molecule has 4 rings (SSSR count). The highest BCUT2D eigenvalue weighted by Gasteiger charge is 2.39. The third kappa shape index (κ3) is 5.45. The smallest absolute Gasteiger partial charge is 0.349 e. The molecule has 1 aliphatic carbocycles. The molecule has 5 nitrogen and oxygen atoms in total. The van der Waals surface area contributed by atoms with E-state index in [4.69, 9.17) is 0 Å². The molecule has 2 N–H and O–H groups in total. The first-order chi connectivity index (χ1) is 15.3. The molecule has 0 radical (unpaired) electrons. The Hall–Kier alpha value is -2.94. The van der Waals surface area contributed by atoms with Crippen molar-refractivity contribution in [2.24, 2.45) is 0 Å². The van der Waals surface area contributed by atoms with Crippen molar-refractivity contribution < 1.29 is 22.4 Å². The van der Waals surface area contributed by atoms with E-state index in [1.807, 2.05) is 0 Å². The Balaban J connectivity index is 1.48. The molecule has 1 fully saturated rings. The average molecular weight is 448 g/mol. The lowest BCUT2D eigenvalue weighted by atomic mass is 9.89. The Labute approximate surface area is 182 Å². The van der Waals surface area contributed by atoms with Gasteiger partial charge in [-0.2, -0.15) is 13.2 Å². The summed E-state index contributed by atoms with van der Waals surface area (Å²) in [4.78, 5) is 21.1. The minimum absolute atomic E-state index is 0.0354. The summed E-state index contributed by atoms with van der Waals surface area (Å²) in [5.41, 5.74) is 2.13. The fourth-order valence-corrected chi connectivity index (χ4v) is 4.28. The minimum Gasteiger partial charge on any atom is -0.349 e. The van der Waals surface area contributed by atoms with E-state index < -0.39 is 24.7 Å². The molecular formula is C23H24F4N4O. The summed E-state index contributed by atoms with van der Waals surface area (Å²) in [6.07, 6.45) is -0.495. The molecule has 170 valence electrons. The molecule has 1 amide bonds. The van der Waals surface area contributed by atoms with E-state index in [1.54, 1.807) is 30.5 Å². The molecule has 1 aliphatic rings. The Morgan fingerprint density at radius 2 is 1.97 bits per heavy atom. The van der Waals surface area contributed by atoms with E-state index in [9.17, 15) is 22.4 Å². The molecule has 2 atom stereocenters. The summed E-state index contributed by atoms with van der Waals surface area (Å²) in [5, 5.41) is 3.35. The van der Waals surface area contributed by atoms with Crippen LogP contribution in [0.2, 0.25) is 0 Å². The Morgan fingerprint density at radius 1 is 1.19 bits per heavy atom. The number of nitrogens with zero attached hydrogens (tertiary/aromatic N) is 2. The van der Waals surface area contributed by atoms with E-state index in [0.29, 0.717) is 36.8 Å². The number of H-pyrrole nitrogens is 1. The zero-order chi connectivity index (χ0) is 22.7. The Bertz CT molecular complexity index is 1030. The summed E-state index contributed by atoms with van der Waals surface area (Å²) in [6.45, 7) is -0.817. The number of pyridine rings is 1. The zero-order valence-electron chi connectivity index (χ0n) is 17.3. The predicted octanol–water partition coefficient (Wildman–Crippen LogP) is 4.81. The number of halogens is 4. The molecule has 2 heterocycles. The quantitative estimate of drug-likeness (QED) is 0.532. The third-order valence-electron chi connectivity index (χ3n) is 5.83. The second kappa shape index (κ2) is 9.28. The number of rotatable bonds is 6. The monoisotopic (exact) mass is 448 g/mol. The first-order valence-electron chi connectivity index (χ1n) is 10.6. The van der Waals surface area contributed by atoms with Gasteiger partial charge in [-0.1, -0.05) is 12.1 Å². The normalized spacial score (nSPS) is 19.2. The maximum absolute atomic E-state index is 13.4. The van der Waals surface area contributed by atoms with Crippen LogP contribution in [0, 0.1) is 5.82 Å². The molecule has 0 bridgehead atoms. The number of nitrogens with one attached hydrogen (secondary N) is 2. The van der Waals surface area contributed by atoms with E-state index in [1.165, 1.54) is 18.2 Å². The second-order valence-electron chi connectivity index (χ2n) is 8.19. The highest BCUT2D eigenvalue weighted by molar-refractivity contribution is 5.97. The van der Waals surface area contributed by atoms with Gasteiger partial charge in [-0.05, 0) is 61.6 Å². The topological polar surface area (TPSA) is 61.0 Å². The van der Waals surface area contributed by atoms with Crippen molar-refractivity contribution in [1.29, 1.82) is 0 Å². The van der Waals surface area contributed by atoms with Gasteiger partial charge in [0.05, 0.1) is 11.0 Å². The maximum Gasteiger partial charge on any atom is 0.406 e. The molecule has 0 spiro atoms. The number of aromatic nitrogens is 2. The first kappa shape index (κ1) is 22.3. The molecule has 0 saturated heterocycles. The van der Waals surface area contributed by atoms with E-state index >= 15 is 0 Å². The van der Waals surface area contributed by atoms with Crippen LogP contribution in [-0.4, -0.2) is 45.6 Å². The van der Waals surface area contributed by atoms with Gasteiger partial charge in [-0.25, -0.2) is 4.39 Å². The number of alkyl halides is 3. The number of amides is 1. The van der Waals surface area contributed by atoms with Crippen LogP contribution in [0.5, 0.6) is 0 Å². The van der Waals surface area contributed by atoms with Gasteiger partial charge in [-0.3, -0.25) is 9.78 Å². The van der Waals surface area contributed by atoms with E-state index in [-0.39, 0.29) is 17.6 Å². The summed E-state index contributed by atoms with van der Waals surface area (Å²) in [6, 6.07) is 10.4. The molecule has 0 aliphatic heterocycles. The lowest BCUT2D eigenvalue weighted by Crippen LogP contribution is -2.50. The van der Waals surface area contributed by atoms with Crippen LogP contribution in [0.15, 0.2) is 48.7 Å². The molecule has 2 unspecified atom stereocenters. The lowest BCUT2D eigenvalue weighted by molar-refractivity contribution is -0.146. The first-order valence-corrected chi connectivity index (χ1v) is 10.6. The number of fused-ring (bicyclic) bond motifs is 1. The Morgan fingerprint density at radius 3 is 2.69 bits per heavy atom. The van der Waals surface area contributed by atoms with Crippen LogP contribution in [-0.2, 0) is 6.54 Å². The van der Waals surface area contributed by atoms with E-state index in [0.717, 1.165) is 16.9 Å². The molecule has 9 heteroatoms. The molecule has 1 saturated carbocycles. The highest BCUT2D eigenvalue weighted by Crippen LogP contribution is 2.29. The van der Waals surface area contributed by atoms with Gasteiger partial charge < -0.3 is 15.2 Å².